The van der Waals surface area contributed by atoms with Crippen molar-refractivity contribution in [3.05, 3.63) is 85.1 Å². The molecule has 0 aromatic rings. The van der Waals surface area contributed by atoms with Crippen molar-refractivity contribution in [2.45, 2.75) is 173 Å². The van der Waals surface area contributed by atoms with Gasteiger partial charge in [0.25, 0.3) is 0 Å². The van der Waals surface area contributed by atoms with Gasteiger partial charge in [0.2, 0.25) is 0 Å². The SMILES string of the molecule is CC/C=C\CC1OC1C/C=C\C/C=C\C/C=C\C/C=C\CCC(=O)OC[C@H](COP(=O)(O)O)OC(=O)CCCCCCCCC/C=C\C/C=C\CCCCC. The Labute approximate surface area is 333 Å². The molecule has 3 atom stereocenters. The second-order valence-corrected chi connectivity index (χ2v) is 15.2. The lowest BCUT2D eigenvalue weighted by molar-refractivity contribution is -0.161. The molecule has 1 fully saturated rings. The van der Waals surface area contributed by atoms with Crippen molar-refractivity contribution < 1.29 is 42.7 Å². The third kappa shape index (κ3) is 35.4. The van der Waals surface area contributed by atoms with Gasteiger partial charge in [0.05, 0.1) is 18.8 Å². The van der Waals surface area contributed by atoms with Crippen molar-refractivity contribution in [3.63, 3.8) is 0 Å². The molecule has 0 amide bonds. The van der Waals surface area contributed by atoms with Crippen LogP contribution in [0.5, 0.6) is 0 Å². The molecule has 55 heavy (non-hydrogen) atoms. The summed E-state index contributed by atoms with van der Waals surface area (Å²) in [5.74, 6) is -1.00. The van der Waals surface area contributed by atoms with E-state index in [1.807, 2.05) is 12.2 Å². The van der Waals surface area contributed by atoms with Crippen molar-refractivity contribution in [2.24, 2.45) is 0 Å². The number of hydrogen-bond donors (Lipinski definition) is 2. The van der Waals surface area contributed by atoms with Gasteiger partial charge in [0.15, 0.2) is 6.10 Å². The lowest BCUT2D eigenvalue weighted by Gasteiger charge is -2.18. The number of allylic oxidation sites excluding steroid dienone is 12. The van der Waals surface area contributed by atoms with Gasteiger partial charge >= 0.3 is 19.8 Å². The summed E-state index contributed by atoms with van der Waals surface area (Å²) in [7, 11) is -4.78. The molecule has 1 aliphatic heterocycles. The second kappa shape index (κ2) is 35.6. The summed E-state index contributed by atoms with van der Waals surface area (Å²) < 4.78 is 32.0. The maximum Gasteiger partial charge on any atom is 0.469 e. The molecular weight excluding hydrogens is 715 g/mol. The van der Waals surface area contributed by atoms with Gasteiger partial charge in [0.1, 0.15) is 6.61 Å². The predicted octanol–water partition coefficient (Wildman–Crippen LogP) is 11.8. The van der Waals surface area contributed by atoms with Gasteiger partial charge in [-0.15, -0.1) is 0 Å². The van der Waals surface area contributed by atoms with Crippen molar-refractivity contribution >= 4 is 19.8 Å². The Morgan fingerprint density at radius 3 is 1.64 bits per heavy atom. The van der Waals surface area contributed by atoms with Gasteiger partial charge in [-0.1, -0.05) is 144 Å². The summed E-state index contributed by atoms with van der Waals surface area (Å²) in [4.78, 5) is 42.8. The van der Waals surface area contributed by atoms with E-state index >= 15 is 0 Å². The van der Waals surface area contributed by atoms with Crippen LogP contribution in [0.15, 0.2) is 85.1 Å². The van der Waals surface area contributed by atoms with E-state index in [1.54, 1.807) is 0 Å². The fourth-order valence-corrected chi connectivity index (χ4v) is 5.95. The van der Waals surface area contributed by atoms with E-state index in [4.69, 9.17) is 24.0 Å². The van der Waals surface area contributed by atoms with Gasteiger partial charge in [-0.2, -0.15) is 0 Å². The average molecular weight is 789 g/mol. The Kier molecular flexibility index (Phi) is 32.5. The first kappa shape index (κ1) is 50.2. The summed E-state index contributed by atoms with van der Waals surface area (Å²) in [5, 5.41) is 0. The minimum absolute atomic E-state index is 0.132. The van der Waals surface area contributed by atoms with E-state index in [0.717, 1.165) is 70.6 Å². The number of phosphoric ester groups is 1. The van der Waals surface area contributed by atoms with Crippen molar-refractivity contribution in [1.82, 2.24) is 0 Å². The lowest BCUT2D eigenvalue weighted by Crippen LogP contribution is -2.29. The summed E-state index contributed by atoms with van der Waals surface area (Å²) in [6.45, 7) is 3.46. The fourth-order valence-electron chi connectivity index (χ4n) is 5.59. The molecule has 0 aromatic heterocycles. The zero-order valence-corrected chi connectivity index (χ0v) is 34.9. The first-order valence-electron chi connectivity index (χ1n) is 21.0. The Hall–Kier alpha value is -2.81. The molecule has 0 aromatic carbocycles. The van der Waals surface area contributed by atoms with Gasteiger partial charge in [-0.3, -0.25) is 14.1 Å². The molecule has 9 nitrogen and oxygen atoms in total. The molecule has 1 saturated heterocycles. The maximum atomic E-state index is 12.4. The standard InChI is InChI=1S/C45H73O9P/c1-3-5-7-8-9-10-11-12-13-14-15-16-21-24-27-30-34-38-45(47)53-41(40-52-55(48,49)50)39-51-44(46)37-33-29-26-23-20-18-17-19-22-25-28-32-36-43-42(54-43)35-31-6-4-2/h6,9-10,12-13,18-20,22,26,28-29,31-32,41-43H,3-5,7-8,11,14-17,21,23-25,27,30,33-40H2,1-2H3,(H2,48,49,50)/b10-9-,13-12-,20-18-,22-19-,29-26-,31-6-,32-28-/t41-,42?,43?/m1/s1. The van der Waals surface area contributed by atoms with Crippen LogP contribution in [0.2, 0.25) is 0 Å². The molecule has 0 radical (unpaired) electrons. The zero-order chi connectivity index (χ0) is 40.1. The quantitative estimate of drug-likeness (QED) is 0.0209. The molecule has 0 saturated carbocycles. The first-order valence-corrected chi connectivity index (χ1v) is 22.5. The molecule has 0 bridgehead atoms. The zero-order valence-electron chi connectivity index (χ0n) is 34.0. The van der Waals surface area contributed by atoms with E-state index in [9.17, 15) is 14.2 Å². The Bertz CT molecular complexity index is 1230. The number of epoxide rings is 1. The topological polar surface area (TPSA) is 132 Å². The number of carbonyl (C=O) groups is 2. The highest BCUT2D eigenvalue weighted by Crippen LogP contribution is 2.36. The van der Waals surface area contributed by atoms with Crippen LogP contribution < -0.4 is 0 Å². The number of carbonyl (C=O) groups excluding carboxylic acids is 2. The molecule has 2 unspecified atom stereocenters. The van der Waals surface area contributed by atoms with Crippen LogP contribution in [0.25, 0.3) is 0 Å². The lowest BCUT2D eigenvalue weighted by atomic mass is 10.1. The fraction of sp³-hybridized carbons (Fsp3) is 0.644. The van der Waals surface area contributed by atoms with Crippen LogP contribution in [-0.2, 0) is 32.9 Å². The molecule has 0 spiro atoms. The predicted molar refractivity (Wildman–Crippen MR) is 224 cm³/mol. The van der Waals surface area contributed by atoms with E-state index in [0.29, 0.717) is 25.0 Å². The first-order chi connectivity index (χ1) is 26.7. The monoisotopic (exact) mass is 788 g/mol. The molecule has 2 N–H and O–H groups in total. The minimum Gasteiger partial charge on any atom is -0.462 e. The smallest absolute Gasteiger partial charge is 0.462 e. The molecule has 1 rings (SSSR count). The molecule has 1 heterocycles. The Morgan fingerprint density at radius 1 is 0.582 bits per heavy atom. The molecule has 1 aliphatic rings. The van der Waals surface area contributed by atoms with Crippen LogP contribution in [-0.4, -0.2) is 53.3 Å². The highest BCUT2D eigenvalue weighted by atomic mass is 31.2. The number of esters is 2. The Balaban J connectivity index is 2.12. The summed E-state index contributed by atoms with van der Waals surface area (Å²) in [5.41, 5.74) is 0. The van der Waals surface area contributed by atoms with Crippen LogP contribution in [0.1, 0.15) is 155 Å². The maximum absolute atomic E-state index is 12.4. The highest BCUT2D eigenvalue weighted by molar-refractivity contribution is 7.46. The van der Waals surface area contributed by atoms with E-state index in [2.05, 4.69) is 91.3 Å². The third-order valence-corrected chi connectivity index (χ3v) is 9.30. The third-order valence-electron chi connectivity index (χ3n) is 8.81. The van der Waals surface area contributed by atoms with Crippen molar-refractivity contribution in [2.75, 3.05) is 13.2 Å². The van der Waals surface area contributed by atoms with E-state index in [1.165, 1.54) is 44.9 Å². The van der Waals surface area contributed by atoms with Crippen LogP contribution in [0.4, 0.5) is 0 Å². The van der Waals surface area contributed by atoms with Crippen LogP contribution in [0.3, 0.4) is 0 Å². The number of hydrogen-bond acceptors (Lipinski definition) is 7. The molecule has 312 valence electrons. The molecule has 10 heteroatoms. The largest absolute Gasteiger partial charge is 0.469 e. The van der Waals surface area contributed by atoms with E-state index in [-0.39, 0.29) is 19.4 Å². The van der Waals surface area contributed by atoms with Crippen molar-refractivity contribution in [1.29, 1.82) is 0 Å². The number of ether oxygens (including phenoxy) is 3. The molecular formula is C45H73O9P. The van der Waals surface area contributed by atoms with Gasteiger partial charge in [0, 0.05) is 12.8 Å². The Morgan fingerprint density at radius 2 is 1.07 bits per heavy atom. The number of phosphoric acid groups is 1. The molecule has 0 aliphatic carbocycles. The van der Waals surface area contributed by atoms with Gasteiger partial charge in [-0.25, -0.2) is 4.57 Å². The van der Waals surface area contributed by atoms with Crippen LogP contribution >= 0.6 is 7.82 Å². The minimum atomic E-state index is -4.78. The second-order valence-electron chi connectivity index (χ2n) is 14.0. The average Bonchev–Trinajstić information content (AvgIpc) is 3.91. The summed E-state index contributed by atoms with van der Waals surface area (Å²) >= 11 is 0. The van der Waals surface area contributed by atoms with E-state index < -0.39 is 32.5 Å². The summed E-state index contributed by atoms with van der Waals surface area (Å²) in [6, 6.07) is 0. The van der Waals surface area contributed by atoms with Gasteiger partial charge in [-0.05, 0) is 83.5 Å². The normalized spacial score (nSPS) is 17.0. The van der Waals surface area contributed by atoms with Crippen LogP contribution in [0, 0.1) is 0 Å². The summed E-state index contributed by atoms with van der Waals surface area (Å²) in [6.07, 6.45) is 50.6. The number of rotatable bonds is 36. The van der Waals surface area contributed by atoms with Gasteiger partial charge < -0.3 is 24.0 Å². The number of unbranched alkanes of at least 4 members (excludes halogenated alkanes) is 10. The van der Waals surface area contributed by atoms with Crippen molar-refractivity contribution in [3.8, 4) is 0 Å². The highest BCUT2D eigenvalue weighted by Gasteiger charge is 2.35.